The zero-order valence-corrected chi connectivity index (χ0v) is 20.0. The van der Waals surface area contributed by atoms with Crippen LogP contribution in [0.15, 0.2) is 115 Å². The molecule has 0 fully saturated rings. The highest BCUT2D eigenvalue weighted by Gasteiger charge is 2.38. The molecule has 0 saturated carbocycles. The second-order valence-corrected chi connectivity index (χ2v) is 8.51. The highest BCUT2D eigenvalue weighted by molar-refractivity contribution is 5.47. The summed E-state index contributed by atoms with van der Waals surface area (Å²) in [5.74, 6) is 0.887. The Hall–Kier alpha value is -3.40. The van der Waals surface area contributed by atoms with Crippen molar-refractivity contribution in [1.82, 2.24) is 5.32 Å². The summed E-state index contributed by atoms with van der Waals surface area (Å²) in [6.45, 7) is 3.78. The van der Waals surface area contributed by atoms with E-state index >= 15 is 0 Å². The molecule has 4 aromatic rings. The highest BCUT2D eigenvalue weighted by Crippen LogP contribution is 2.41. The third kappa shape index (κ3) is 5.56. The van der Waals surface area contributed by atoms with E-state index in [1.807, 2.05) is 30.3 Å². The Morgan fingerprint density at radius 1 is 0.676 bits per heavy atom. The highest BCUT2D eigenvalue weighted by atomic mass is 16.5. The minimum absolute atomic E-state index is 0.0171. The van der Waals surface area contributed by atoms with Gasteiger partial charge in [0, 0.05) is 6.54 Å². The van der Waals surface area contributed by atoms with Gasteiger partial charge in [-0.25, -0.2) is 0 Å². The largest absolute Gasteiger partial charge is 0.497 e. The number of nitrogens with one attached hydrogen (secondary N) is 1. The van der Waals surface area contributed by atoms with E-state index in [1.165, 1.54) is 5.56 Å². The van der Waals surface area contributed by atoms with E-state index in [0.29, 0.717) is 0 Å². The van der Waals surface area contributed by atoms with E-state index in [4.69, 9.17) is 9.47 Å². The Labute approximate surface area is 203 Å². The number of ether oxygens (including phenoxy) is 2. The normalized spacial score (nSPS) is 12.3. The van der Waals surface area contributed by atoms with Gasteiger partial charge in [-0.05, 0) is 54.3 Å². The second kappa shape index (κ2) is 11.6. The summed E-state index contributed by atoms with van der Waals surface area (Å²) < 4.78 is 12.2. The van der Waals surface area contributed by atoms with Crippen LogP contribution in [0.25, 0.3) is 0 Å². The summed E-state index contributed by atoms with van der Waals surface area (Å²) in [5.41, 5.74) is 3.96. The molecule has 34 heavy (non-hydrogen) atoms. The van der Waals surface area contributed by atoms with Crippen LogP contribution in [-0.2, 0) is 16.8 Å². The Balaban J connectivity index is 1.53. The van der Waals surface area contributed by atoms with Crippen LogP contribution in [0.1, 0.15) is 29.2 Å². The molecule has 3 heteroatoms. The summed E-state index contributed by atoms with van der Waals surface area (Å²) >= 11 is 0. The zero-order valence-electron chi connectivity index (χ0n) is 20.0. The molecule has 0 bridgehead atoms. The zero-order chi connectivity index (χ0) is 23.6. The number of methoxy groups -OCH3 is 1. The average molecular weight is 452 g/mol. The fraction of sp³-hybridized carbons (Fsp3) is 0.226. The van der Waals surface area contributed by atoms with E-state index in [0.717, 1.165) is 42.0 Å². The number of rotatable bonds is 11. The molecule has 0 aliphatic heterocycles. The molecule has 0 unspecified atom stereocenters. The van der Waals surface area contributed by atoms with Crippen molar-refractivity contribution < 1.29 is 9.47 Å². The lowest BCUT2D eigenvalue weighted by molar-refractivity contribution is -0.0371. The van der Waals surface area contributed by atoms with Crippen LogP contribution < -0.4 is 10.1 Å². The third-order valence-electron chi connectivity index (χ3n) is 6.10. The van der Waals surface area contributed by atoms with Crippen molar-refractivity contribution in [2.24, 2.45) is 0 Å². The van der Waals surface area contributed by atoms with Gasteiger partial charge in [0.05, 0.1) is 13.2 Å². The van der Waals surface area contributed by atoms with Crippen molar-refractivity contribution in [3.05, 3.63) is 138 Å². The van der Waals surface area contributed by atoms with Gasteiger partial charge in [0.1, 0.15) is 11.4 Å². The monoisotopic (exact) mass is 451 g/mol. The Kier molecular flexibility index (Phi) is 8.13. The molecule has 4 aromatic carbocycles. The lowest BCUT2D eigenvalue weighted by atomic mass is 9.80. The van der Waals surface area contributed by atoms with Crippen LogP contribution in [-0.4, -0.2) is 26.3 Å². The van der Waals surface area contributed by atoms with Crippen LogP contribution in [0.5, 0.6) is 5.75 Å². The molecule has 0 aliphatic carbocycles. The van der Waals surface area contributed by atoms with E-state index in [-0.39, 0.29) is 6.10 Å². The van der Waals surface area contributed by atoms with Crippen LogP contribution >= 0.6 is 0 Å². The average Bonchev–Trinajstić information content (AvgIpc) is 2.91. The summed E-state index contributed by atoms with van der Waals surface area (Å²) in [4.78, 5) is 0. The summed E-state index contributed by atoms with van der Waals surface area (Å²) in [6, 6.07) is 39.8. The first-order valence-electron chi connectivity index (χ1n) is 11.9. The van der Waals surface area contributed by atoms with Crippen molar-refractivity contribution in [2.75, 3.05) is 20.2 Å². The van der Waals surface area contributed by atoms with E-state index in [2.05, 4.69) is 97.2 Å². The number of hydrogen-bond acceptors (Lipinski definition) is 3. The molecule has 4 rings (SSSR count). The van der Waals surface area contributed by atoms with Gasteiger partial charge in [-0.1, -0.05) is 103 Å². The third-order valence-corrected chi connectivity index (χ3v) is 6.10. The second-order valence-electron chi connectivity index (χ2n) is 8.51. The van der Waals surface area contributed by atoms with Gasteiger partial charge in [-0.2, -0.15) is 0 Å². The molecule has 1 N–H and O–H groups in total. The first-order valence-corrected chi connectivity index (χ1v) is 11.9. The molecule has 0 spiro atoms. The van der Waals surface area contributed by atoms with Gasteiger partial charge in [0.15, 0.2) is 0 Å². The molecular formula is C31H33NO2. The summed E-state index contributed by atoms with van der Waals surface area (Å²) in [6.07, 6.45) is 0.939. The van der Waals surface area contributed by atoms with Gasteiger partial charge >= 0.3 is 0 Å². The van der Waals surface area contributed by atoms with Crippen molar-refractivity contribution in [3.63, 3.8) is 0 Å². The van der Waals surface area contributed by atoms with E-state index in [1.54, 1.807) is 7.11 Å². The molecule has 3 nitrogen and oxygen atoms in total. The lowest BCUT2D eigenvalue weighted by Crippen LogP contribution is -2.40. The van der Waals surface area contributed by atoms with Crippen LogP contribution in [0.2, 0.25) is 0 Å². The molecular weight excluding hydrogens is 418 g/mol. The Morgan fingerprint density at radius 2 is 1.15 bits per heavy atom. The predicted octanol–water partition coefficient (Wildman–Crippen LogP) is 6.22. The molecule has 0 aromatic heterocycles. The molecule has 0 amide bonds. The van der Waals surface area contributed by atoms with E-state index < -0.39 is 5.60 Å². The van der Waals surface area contributed by atoms with Gasteiger partial charge in [-0.3, -0.25) is 0 Å². The van der Waals surface area contributed by atoms with Gasteiger partial charge in [0.25, 0.3) is 0 Å². The SMILES string of the molecule is COc1ccc(CCNC[C@H](C)OC(c2ccccc2)(c2ccccc2)c2ccccc2)cc1. The molecule has 0 heterocycles. The quantitative estimate of drug-likeness (QED) is 0.217. The van der Waals surface area contributed by atoms with Crippen LogP contribution in [0.3, 0.4) is 0 Å². The first-order chi connectivity index (χ1) is 16.7. The Bertz CT molecular complexity index is 1020. The van der Waals surface area contributed by atoms with Crippen molar-refractivity contribution in [1.29, 1.82) is 0 Å². The summed E-state index contributed by atoms with van der Waals surface area (Å²) in [7, 11) is 1.69. The van der Waals surface area contributed by atoms with Gasteiger partial charge in [0.2, 0.25) is 0 Å². The number of benzene rings is 4. The smallest absolute Gasteiger partial charge is 0.144 e. The summed E-state index contributed by atoms with van der Waals surface area (Å²) in [5, 5.41) is 3.58. The molecule has 0 saturated heterocycles. The maximum absolute atomic E-state index is 7.00. The minimum Gasteiger partial charge on any atom is -0.497 e. The molecule has 0 aliphatic rings. The van der Waals surface area contributed by atoms with Crippen molar-refractivity contribution in [3.8, 4) is 5.75 Å². The fourth-order valence-electron chi connectivity index (χ4n) is 4.40. The Morgan fingerprint density at radius 3 is 1.59 bits per heavy atom. The fourth-order valence-corrected chi connectivity index (χ4v) is 4.40. The first kappa shape index (κ1) is 23.7. The standard InChI is InChI=1S/C31H33NO2/c1-25(24-32-23-22-26-18-20-30(33-2)21-19-26)34-31(27-12-6-3-7-13-27,28-14-8-4-9-15-28)29-16-10-5-11-17-29/h3-21,25,32H,22-24H2,1-2H3/t25-/m0/s1. The lowest BCUT2D eigenvalue weighted by Gasteiger charge is -2.38. The molecule has 174 valence electrons. The predicted molar refractivity (Wildman–Crippen MR) is 139 cm³/mol. The topological polar surface area (TPSA) is 30.5 Å². The molecule has 0 radical (unpaired) electrons. The maximum atomic E-state index is 7.00. The van der Waals surface area contributed by atoms with Crippen LogP contribution in [0, 0.1) is 0 Å². The minimum atomic E-state index is -0.694. The molecule has 1 atom stereocenters. The van der Waals surface area contributed by atoms with Crippen molar-refractivity contribution in [2.45, 2.75) is 25.0 Å². The maximum Gasteiger partial charge on any atom is 0.144 e. The van der Waals surface area contributed by atoms with E-state index in [9.17, 15) is 0 Å². The van der Waals surface area contributed by atoms with Crippen molar-refractivity contribution >= 4 is 0 Å². The van der Waals surface area contributed by atoms with Gasteiger partial charge in [-0.15, -0.1) is 0 Å². The van der Waals surface area contributed by atoms with Crippen LogP contribution in [0.4, 0.5) is 0 Å². The number of hydrogen-bond donors (Lipinski definition) is 1. The van der Waals surface area contributed by atoms with Gasteiger partial charge < -0.3 is 14.8 Å².